The van der Waals surface area contributed by atoms with E-state index in [4.69, 9.17) is 0 Å². The molecule has 0 aliphatic carbocycles. The lowest BCUT2D eigenvalue weighted by molar-refractivity contribution is -0.139. The van der Waals surface area contributed by atoms with Gasteiger partial charge in [-0.05, 0) is 23.8 Å². The van der Waals surface area contributed by atoms with Gasteiger partial charge in [-0.2, -0.15) is 13.2 Å². The Labute approximate surface area is 170 Å². The van der Waals surface area contributed by atoms with Crippen molar-refractivity contribution in [2.24, 2.45) is 0 Å². The minimum atomic E-state index is -4.49. The molecule has 1 aliphatic rings. The largest absolute Gasteiger partial charge is 0.416 e. The van der Waals surface area contributed by atoms with Crippen LogP contribution >= 0.6 is 0 Å². The molecule has 30 heavy (non-hydrogen) atoms. The maximum atomic E-state index is 13.2. The Kier molecular flexibility index (Phi) is 5.15. The van der Waals surface area contributed by atoms with E-state index in [0.717, 1.165) is 11.5 Å². The van der Waals surface area contributed by atoms with Crippen LogP contribution in [0, 0.1) is 0 Å². The zero-order chi connectivity index (χ0) is 21.3. The van der Waals surface area contributed by atoms with E-state index in [9.17, 15) is 22.8 Å². The number of nitrogens with zero attached hydrogens (tertiary/aromatic N) is 2. The Balaban J connectivity index is 1.44. The highest BCUT2D eigenvalue weighted by Crippen LogP contribution is 2.33. The van der Waals surface area contributed by atoms with Gasteiger partial charge in [-0.15, -0.1) is 0 Å². The number of hydrogen-bond donors (Lipinski definition) is 1. The number of aromatic nitrogens is 1. The maximum absolute atomic E-state index is 13.2. The molecule has 154 valence electrons. The van der Waals surface area contributed by atoms with Gasteiger partial charge in [-0.25, -0.2) is 4.98 Å². The molecule has 1 aromatic heterocycles. The second-order valence-corrected chi connectivity index (χ2v) is 7.19. The zero-order valence-electron chi connectivity index (χ0n) is 15.8. The van der Waals surface area contributed by atoms with Crippen molar-refractivity contribution < 1.29 is 22.8 Å². The first-order chi connectivity index (χ1) is 14.3. The lowest BCUT2D eigenvalue weighted by Gasteiger charge is -2.20. The van der Waals surface area contributed by atoms with Crippen molar-refractivity contribution in [1.29, 1.82) is 0 Å². The molecule has 0 radical (unpaired) electrons. The van der Waals surface area contributed by atoms with Gasteiger partial charge >= 0.3 is 6.18 Å². The van der Waals surface area contributed by atoms with Crippen LogP contribution in [0.2, 0.25) is 0 Å². The molecular formula is C22H18F3N3O2. The maximum Gasteiger partial charge on any atom is 0.416 e. The normalized spacial score (nSPS) is 16.8. The summed E-state index contributed by atoms with van der Waals surface area (Å²) in [5, 5.41) is 3.67. The van der Waals surface area contributed by atoms with Crippen LogP contribution in [-0.2, 0) is 17.5 Å². The smallest absolute Gasteiger partial charge is 0.346 e. The van der Waals surface area contributed by atoms with Crippen molar-refractivity contribution in [2.75, 3.05) is 6.54 Å². The van der Waals surface area contributed by atoms with Crippen LogP contribution < -0.4 is 5.32 Å². The molecule has 1 saturated heterocycles. The zero-order valence-corrected chi connectivity index (χ0v) is 15.8. The monoisotopic (exact) mass is 413 g/mol. The summed E-state index contributed by atoms with van der Waals surface area (Å²) in [5.41, 5.74) is 0.173. The van der Waals surface area contributed by atoms with Crippen LogP contribution in [0.15, 0.2) is 60.7 Å². The molecule has 4 rings (SSSR count). The first-order valence-electron chi connectivity index (χ1n) is 9.41. The van der Waals surface area contributed by atoms with E-state index in [2.05, 4.69) is 10.3 Å². The van der Waals surface area contributed by atoms with E-state index in [1.54, 1.807) is 18.2 Å². The van der Waals surface area contributed by atoms with Gasteiger partial charge in [0, 0.05) is 24.9 Å². The van der Waals surface area contributed by atoms with Gasteiger partial charge in [-0.1, -0.05) is 42.5 Å². The number of fused-ring (bicyclic) bond motifs is 1. The van der Waals surface area contributed by atoms with E-state index >= 15 is 0 Å². The number of likely N-dealkylation sites (tertiary alicyclic amines) is 1. The lowest BCUT2D eigenvalue weighted by atomic mass is 10.1. The molecule has 2 amide bonds. The molecule has 0 saturated carbocycles. The number of carbonyl (C=O) groups is 2. The molecule has 1 unspecified atom stereocenters. The Morgan fingerprint density at radius 3 is 2.60 bits per heavy atom. The highest BCUT2D eigenvalue weighted by Gasteiger charge is 2.36. The van der Waals surface area contributed by atoms with Crippen LogP contribution in [0.25, 0.3) is 10.9 Å². The second kappa shape index (κ2) is 7.78. The molecule has 0 spiro atoms. The number of halogens is 3. The molecule has 5 nitrogen and oxygen atoms in total. The molecule has 0 bridgehead atoms. The van der Waals surface area contributed by atoms with Crippen LogP contribution in [0.1, 0.15) is 28.0 Å². The average molecular weight is 413 g/mol. The fourth-order valence-electron chi connectivity index (χ4n) is 3.61. The Morgan fingerprint density at radius 1 is 1.07 bits per heavy atom. The van der Waals surface area contributed by atoms with Gasteiger partial charge in [0.25, 0.3) is 5.91 Å². The summed E-state index contributed by atoms with van der Waals surface area (Å²) in [4.78, 5) is 30.5. The molecule has 3 aromatic rings. The summed E-state index contributed by atoms with van der Waals surface area (Å²) in [7, 11) is 0. The quantitative estimate of drug-likeness (QED) is 0.708. The van der Waals surface area contributed by atoms with Gasteiger partial charge < -0.3 is 10.2 Å². The van der Waals surface area contributed by atoms with Crippen LogP contribution in [0.4, 0.5) is 13.2 Å². The van der Waals surface area contributed by atoms with Crippen molar-refractivity contribution in [3.63, 3.8) is 0 Å². The van der Waals surface area contributed by atoms with Gasteiger partial charge in [0.15, 0.2) is 0 Å². The minimum absolute atomic E-state index is 0.0292. The van der Waals surface area contributed by atoms with Gasteiger partial charge in [0.05, 0.1) is 17.1 Å². The Morgan fingerprint density at radius 2 is 1.80 bits per heavy atom. The number of nitrogens with one attached hydrogen (secondary N) is 1. The third-order valence-electron chi connectivity index (χ3n) is 5.06. The predicted octanol–water partition coefficient (Wildman–Crippen LogP) is 3.78. The van der Waals surface area contributed by atoms with E-state index < -0.39 is 23.7 Å². The molecule has 1 fully saturated rings. The van der Waals surface area contributed by atoms with Gasteiger partial charge in [0.2, 0.25) is 5.91 Å². The molecule has 1 N–H and O–H groups in total. The Hall–Kier alpha value is -3.42. The number of hydrogen-bond acceptors (Lipinski definition) is 3. The summed E-state index contributed by atoms with van der Waals surface area (Å²) < 4.78 is 39.6. The number of benzene rings is 2. The lowest BCUT2D eigenvalue weighted by Crippen LogP contribution is -2.37. The Bertz CT molecular complexity index is 1110. The summed E-state index contributed by atoms with van der Waals surface area (Å²) >= 11 is 0. The van der Waals surface area contributed by atoms with Gasteiger partial charge in [-0.3, -0.25) is 9.59 Å². The average Bonchev–Trinajstić information content (AvgIpc) is 3.05. The molecule has 8 heteroatoms. The number of amides is 2. The molecular weight excluding hydrogens is 395 g/mol. The third kappa shape index (κ3) is 4.12. The van der Waals surface area contributed by atoms with Crippen LogP contribution in [0.3, 0.4) is 0 Å². The first kappa shape index (κ1) is 19.9. The number of carbonyl (C=O) groups excluding carboxylic acids is 2. The first-order valence-corrected chi connectivity index (χ1v) is 9.41. The molecule has 1 aliphatic heterocycles. The highest BCUT2D eigenvalue weighted by atomic mass is 19.4. The minimum Gasteiger partial charge on any atom is -0.346 e. The van der Waals surface area contributed by atoms with Crippen molar-refractivity contribution in [1.82, 2.24) is 15.2 Å². The number of pyridine rings is 1. The van der Waals surface area contributed by atoms with E-state index in [0.29, 0.717) is 5.52 Å². The van der Waals surface area contributed by atoms with E-state index in [1.165, 1.54) is 23.1 Å². The fourth-order valence-corrected chi connectivity index (χ4v) is 3.61. The third-order valence-corrected chi connectivity index (χ3v) is 5.06. The van der Waals surface area contributed by atoms with Gasteiger partial charge in [0.1, 0.15) is 5.69 Å². The number of para-hydroxylation sites is 1. The molecule has 1 atom stereocenters. The van der Waals surface area contributed by atoms with Crippen LogP contribution in [-0.4, -0.2) is 34.3 Å². The van der Waals surface area contributed by atoms with E-state index in [1.807, 2.05) is 18.2 Å². The molecule has 2 heterocycles. The summed E-state index contributed by atoms with van der Waals surface area (Å²) in [6.07, 6.45) is -4.46. The van der Waals surface area contributed by atoms with Crippen molar-refractivity contribution in [3.8, 4) is 0 Å². The topological polar surface area (TPSA) is 62.3 Å². The van der Waals surface area contributed by atoms with Crippen LogP contribution in [0.5, 0.6) is 0 Å². The molecule has 2 aromatic carbocycles. The van der Waals surface area contributed by atoms with Crippen molar-refractivity contribution >= 4 is 22.7 Å². The second-order valence-electron chi connectivity index (χ2n) is 7.19. The SMILES string of the molecule is O=C(NC1CC(=O)N(Cc2ccccc2C(F)(F)F)C1)c1ccc2ccccc2n1. The predicted molar refractivity (Wildman–Crippen MR) is 104 cm³/mol. The summed E-state index contributed by atoms with van der Waals surface area (Å²) in [6.45, 7) is -0.0144. The van der Waals surface area contributed by atoms with Crippen molar-refractivity contribution in [2.45, 2.75) is 25.2 Å². The standard InChI is InChI=1S/C22H18F3N3O2/c23-22(24,25)17-7-3-1-6-15(17)12-28-13-16(11-20(28)29)26-21(30)19-10-9-14-5-2-4-8-18(14)27-19/h1-10,16H,11-13H2,(H,26,30). The summed E-state index contributed by atoms with van der Waals surface area (Å²) in [5.74, 6) is -0.722. The number of rotatable bonds is 4. The number of alkyl halides is 3. The van der Waals surface area contributed by atoms with E-state index in [-0.39, 0.29) is 36.7 Å². The van der Waals surface area contributed by atoms with Crippen molar-refractivity contribution in [3.05, 3.63) is 77.5 Å². The highest BCUT2D eigenvalue weighted by molar-refractivity contribution is 5.95. The summed E-state index contributed by atoms with van der Waals surface area (Å²) in [6, 6.07) is 15.5. The fraction of sp³-hybridized carbons (Fsp3) is 0.227.